The van der Waals surface area contributed by atoms with Crippen LogP contribution in [0.1, 0.15) is 68.3 Å². The van der Waals surface area contributed by atoms with Gasteiger partial charge in [0.1, 0.15) is 12.6 Å². The molecule has 0 aromatic heterocycles. The molecule has 0 saturated heterocycles. The molecule has 2 N–H and O–H groups in total. The van der Waals surface area contributed by atoms with Gasteiger partial charge < -0.3 is 29.6 Å². The summed E-state index contributed by atoms with van der Waals surface area (Å²) in [6.07, 6.45) is 6.50. The van der Waals surface area contributed by atoms with Gasteiger partial charge in [0.2, 0.25) is 5.91 Å². The van der Waals surface area contributed by atoms with Crippen LogP contribution >= 0.6 is 0 Å². The maximum Gasteiger partial charge on any atom is 0.224 e. The molecule has 0 spiro atoms. The Kier molecular flexibility index (Phi) is 19.4. The molecule has 0 aliphatic carbocycles. The van der Waals surface area contributed by atoms with Crippen LogP contribution in [0.4, 0.5) is 5.69 Å². The van der Waals surface area contributed by atoms with Gasteiger partial charge in [-0.2, -0.15) is 0 Å². The van der Waals surface area contributed by atoms with E-state index in [1.165, 1.54) is 0 Å². The molecule has 1 unspecified atom stereocenters. The smallest absolute Gasteiger partial charge is 0.224 e. The number of ether oxygens (including phenoxy) is 3. The van der Waals surface area contributed by atoms with Gasteiger partial charge in [0, 0.05) is 42.9 Å². The normalized spacial score (nSPS) is 12.0. The van der Waals surface area contributed by atoms with E-state index in [0.717, 1.165) is 63.3 Å². The molecule has 1 aromatic carbocycles. The minimum absolute atomic E-state index is 0.0720. The Hall–Kier alpha value is -2.17. The van der Waals surface area contributed by atoms with E-state index >= 15 is 0 Å². The molecular formula is C28H47N3O6. The third kappa shape index (κ3) is 15.0. The largest absolute Gasteiger partial charge is 0.379 e. The third-order valence-corrected chi connectivity index (χ3v) is 5.96. The zero-order valence-electron chi connectivity index (χ0n) is 23.0. The van der Waals surface area contributed by atoms with Crippen molar-refractivity contribution in [2.45, 2.75) is 65.0 Å². The molecule has 0 aliphatic rings. The molecule has 0 bridgehead atoms. The standard InChI is InChI=1S/C28H47N3O6/c1-4-10-25(23-33)31(3)21-26-24(22-32)11-9-12-27(26)30-28(34)13-7-6-8-14-29-15-16-36-19-20-37-18-17-35-5-2/h9,11-12,22-23,25,29H,4-8,10,13-21H2,1-3H3,(H,30,34). The minimum Gasteiger partial charge on any atom is -0.379 e. The van der Waals surface area contributed by atoms with Gasteiger partial charge >= 0.3 is 0 Å². The van der Waals surface area contributed by atoms with Crippen molar-refractivity contribution in [1.82, 2.24) is 10.2 Å². The molecule has 0 saturated carbocycles. The Bertz CT molecular complexity index is 761. The van der Waals surface area contributed by atoms with Gasteiger partial charge in [0.15, 0.2) is 0 Å². The lowest BCUT2D eigenvalue weighted by Crippen LogP contribution is -2.33. The maximum absolute atomic E-state index is 12.6. The van der Waals surface area contributed by atoms with Gasteiger partial charge in [-0.25, -0.2) is 0 Å². The molecule has 37 heavy (non-hydrogen) atoms. The van der Waals surface area contributed by atoms with Crippen LogP contribution in [0.2, 0.25) is 0 Å². The Morgan fingerprint density at radius 2 is 1.70 bits per heavy atom. The number of aldehydes is 2. The monoisotopic (exact) mass is 521 g/mol. The highest BCUT2D eigenvalue weighted by Gasteiger charge is 2.18. The molecule has 210 valence electrons. The summed E-state index contributed by atoms with van der Waals surface area (Å²) in [7, 11) is 1.86. The van der Waals surface area contributed by atoms with E-state index in [2.05, 4.69) is 10.6 Å². The summed E-state index contributed by atoms with van der Waals surface area (Å²) in [4.78, 5) is 37.6. The Labute approximate surface area is 222 Å². The summed E-state index contributed by atoms with van der Waals surface area (Å²) in [5, 5.41) is 6.31. The number of anilines is 1. The maximum atomic E-state index is 12.6. The van der Waals surface area contributed by atoms with Crippen molar-refractivity contribution in [2.75, 3.05) is 65.1 Å². The summed E-state index contributed by atoms with van der Waals surface area (Å²) in [6.45, 7) is 9.77. The number of rotatable bonds is 24. The van der Waals surface area contributed by atoms with Crippen LogP contribution in [0.25, 0.3) is 0 Å². The topological polar surface area (TPSA) is 106 Å². The van der Waals surface area contributed by atoms with E-state index in [-0.39, 0.29) is 11.9 Å². The summed E-state index contributed by atoms with van der Waals surface area (Å²) in [5.74, 6) is -0.0720. The van der Waals surface area contributed by atoms with E-state index in [1.54, 1.807) is 12.1 Å². The number of carbonyl (C=O) groups excluding carboxylic acids is 3. The number of nitrogens with zero attached hydrogens (tertiary/aromatic N) is 1. The van der Waals surface area contributed by atoms with Crippen LogP contribution in [0.15, 0.2) is 18.2 Å². The van der Waals surface area contributed by atoms with Gasteiger partial charge in [0.05, 0.1) is 39.1 Å². The number of benzene rings is 1. The third-order valence-electron chi connectivity index (χ3n) is 5.96. The second kappa shape index (κ2) is 21.9. The fourth-order valence-corrected chi connectivity index (χ4v) is 3.84. The van der Waals surface area contributed by atoms with Crippen LogP contribution in [0.5, 0.6) is 0 Å². The zero-order chi connectivity index (χ0) is 27.1. The van der Waals surface area contributed by atoms with Crippen molar-refractivity contribution in [3.8, 4) is 0 Å². The number of nitrogens with one attached hydrogen (secondary N) is 2. The summed E-state index contributed by atoms with van der Waals surface area (Å²) < 4.78 is 16.1. The number of amides is 1. The van der Waals surface area contributed by atoms with Crippen LogP contribution < -0.4 is 10.6 Å². The van der Waals surface area contributed by atoms with Crippen molar-refractivity contribution >= 4 is 24.2 Å². The fraction of sp³-hybridized carbons (Fsp3) is 0.679. The summed E-state index contributed by atoms with van der Waals surface area (Å²) in [6, 6.07) is 5.08. The van der Waals surface area contributed by atoms with Crippen molar-refractivity contribution in [2.24, 2.45) is 0 Å². The van der Waals surface area contributed by atoms with E-state index in [1.807, 2.05) is 31.9 Å². The molecule has 0 aliphatic heterocycles. The second-order valence-electron chi connectivity index (χ2n) is 8.93. The van der Waals surface area contributed by atoms with Gasteiger partial charge in [0.25, 0.3) is 0 Å². The second-order valence-corrected chi connectivity index (χ2v) is 8.93. The fourth-order valence-electron chi connectivity index (χ4n) is 3.84. The molecule has 1 rings (SSSR count). The van der Waals surface area contributed by atoms with E-state index in [4.69, 9.17) is 14.2 Å². The summed E-state index contributed by atoms with van der Waals surface area (Å²) >= 11 is 0. The average Bonchev–Trinajstić information content (AvgIpc) is 2.90. The average molecular weight is 522 g/mol. The molecule has 1 amide bonds. The quantitative estimate of drug-likeness (QED) is 0.157. The van der Waals surface area contributed by atoms with Gasteiger partial charge in [-0.15, -0.1) is 0 Å². The Balaban J connectivity index is 2.26. The van der Waals surface area contributed by atoms with Crippen LogP contribution in [-0.4, -0.2) is 89.2 Å². The lowest BCUT2D eigenvalue weighted by molar-refractivity contribution is -0.116. The highest BCUT2D eigenvalue weighted by atomic mass is 16.5. The number of hydrogen-bond donors (Lipinski definition) is 2. The molecular weight excluding hydrogens is 474 g/mol. The number of likely N-dealkylation sites (N-methyl/N-ethyl adjacent to an activating group) is 1. The highest BCUT2D eigenvalue weighted by molar-refractivity contribution is 5.93. The molecule has 9 heteroatoms. The first-order valence-corrected chi connectivity index (χ1v) is 13.5. The van der Waals surface area contributed by atoms with Crippen LogP contribution in [-0.2, 0) is 30.3 Å². The van der Waals surface area contributed by atoms with Crippen molar-refractivity contribution in [3.63, 3.8) is 0 Å². The molecule has 9 nitrogen and oxygen atoms in total. The predicted molar refractivity (Wildman–Crippen MR) is 146 cm³/mol. The van der Waals surface area contributed by atoms with Gasteiger partial charge in [-0.3, -0.25) is 14.5 Å². The molecule has 1 atom stereocenters. The van der Waals surface area contributed by atoms with Crippen LogP contribution in [0.3, 0.4) is 0 Å². The molecule has 1 aromatic rings. The Morgan fingerprint density at radius 1 is 0.973 bits per heavy atom. The first kappa shape index (κ1) is 32.9. The summed E-state index contributed by atoms with van der Waals surface area (Å²) in [5.41, 5.74) is 1.89. The number of unbranched alkanes of at least 4 members (excludes halogenated alkanes) is 2. The highest BCUT2D eigenvalue weighted by Crippen LogP contribution is 2.22. The van der Waals surface area contributed by atoms with Crippen LogP contribution in [0, 0.1) is 0 Å². The van der Waals surface area contributed by atoms with Gasteiger partial charge in [-0.05, 0) is 45.8 Å². The van der Waals surface area contributed by atoms with Crippen molar-refractivity contribution < 1.29 is 28.6 Å². The first-order valence-electron chi connectivity index (χ1n) is 13.5. The zero-order valence-corrected chi connectivity index (χ0v) is 23.0. The number of carbonyl (C=O) groups is 3. The van der Waals surface area contributed by atoms with E-state index in [0.29, 0.717) is 63.9 Å². The molecule has 0 fully saturated rings. The van der Waals surface area contributed by atoms with E-state index in [9.17, 15) is 14.4 Å². The van der Waals surface area contributed by atoms with Crippen molar-refractivity contribution in [3.05, 3.63) is 29.3 Å². The van der Waals surface area contributed by atoms with Crippen molar-refractivity contribution in [1.29, 1.82) is 0 Å². The van der Waals surface area contributed by atoms with Gasteiger partial charge in [-0.1, -0.05) is 31.9 Å². The first-order chi connectivity index (χ1) is 18.1. The van der Waals surface area contributed by atoms with E-state index < -0.39 is 0 Å². The lowest BCUT2D eigenvalue weighted by atomic mass is 10.0. The molecule has 0 heterocycles. The Morgan fingerprint density at radius 3 is 2.38 bits per heavy atom. The minimum atomic E-state index is -0.224. The molecule has 0 radical (unpaired) electrons. The lowest BCUT2D eigenvalue weighted by Gasteiger charge is -2.25. The number of hydrogen-bond acceptors (Lipinski definition) is 8. The SMILES string of the molecule is CCCC(C=O)N(C)Cc1c(C=O)cccc1NC(=O)CCCCCNCCOCCOCCOCC. The predicted octanol–water partition coefficient (Wildman–Crippen LogP) is 3.46.